The van der Waals surface area contributed by atoms with Gasteiger partial charge in [0.05, 0.1) is 29.6 Å². The van der Waals surface area contributed by atoms with Crippen molar-refractivity contribution in [1.29, 1.82) is 5.41 Å². The quantitative estimate of drug-likeness (QED) is 0.129. The summed E-state index contributed by atoms with van der Waals surface area (Å²) in [6.45, 7) is 0.664. The van der Waals surface area contributed by atoms with Crippen LogP contribution in [0.3, 0.4) is 0 Å². The van der Waals surface area contributed by atoms with E-state index in [4.69, 9.17) is 11.1 Å². The monoisotopic (exact) mass is 434 g/mol. The average Bonchev–Trinajstić information content (AvgIpc) is 2.64. The Kier molecular flexibility index (Phi) is 12.3. The van der Waals surface area contributed by atoms with Crippen LogP contribution in [0.5, 0.6) is 0 Å². The molecule has 1 aromatic carbocycles. The van der Waals surface area contributed by atoms with Crippen LogP contribution in [0.2, 0.25) is 0 Å². The lowest BCUT2D eigenvalue weighted by Gasteiger charge is -2.09. The van der Waals surface area contributed by atoms with E-state index in [1.165, 1.54) is 31.6 Å². The van der Waals surface area contributed by atoms with E-state index >= 15 is 0 Å². The molecule has 1 rings (SSSR count). The molecule has 0 heterocycles. The third-order valence-corrected chi connectivity index (χ3v) is 3.35. The number of aliphatic imine (C=N–C) groups is 3. The van der Waals surface area contributed by atoms with Gasteiger partial charge in [0.15, 0.2) is 11.7 Å². The molecule has 12 heteroatoms. The van der Waals surface area contributed by atoms with E-state index in [0.717, 1.165) is 0 Å². The zero-order valence-corrected chi connectivity index (χ0v) is 16.2. The molecule has 0 aliphatic rings. The zero-order valence-electron chi connectivity index (χ0n) is 13.5. The topological polar surface area (TPSA) is 157 Å². The Morgan fingerprint density at radius 3 is 2.60 bits per heavy atom. The highest BCUT2D eigenvalue weighted by Crippen LogP contribution is 2.22. The highest BCUT2D eigenvalue weighted by molar-refractivity contribution is 9.10. The van der Waals surface area contributed by atoms with Crippen molar-refractivity contribution in [3.8, 4) is 0 Å². The molecule has 0 saturated carbocycles. The summed E-state index contributed by atoms with van der Waals surface area (Å²) in [5, 5.41) is 19.9. The van der Waals surface area contributed by atoms with Crippen LogP contribution < -0.4 is 22.0 Å². The van der Waals surface area contributed by atoms with Gasteiger partial charge in [-0.1, -0.05) is 0 Å². The highest BCUT2D eigenvalue weighted by Gasteiger charge is 2.13. The number of halogens is 2. The molecule has 8 N–H and O–H groups in total. The van der Waals surface area contributed by atoms with Crippen LogP contribution in [0.25, 0.3) is 0 Å². The summed E-state index contributed by atoms with van der Waals surface area (Å²) in [6.07, 6.45) is 1.17. The van der Waals surface area contributed by atoms with E-state index in [1.807, 2.05) is 5.48 Å². The van der Waals surface area contributed by atoms with E-state index in [0.29, 0.717) is 18.8 Å². The van der Waals surface area contributed by atoms with Crippen LogP contribution in [0.15, 0.2) is 37.6 Å². The lowest BCUT2D eigenvalue weighted by molar-refractivity contribution is 0.237. The van der Waals surface area contributed by atoms with Crippen LogP contribution >= 0.6 is 25.3 Å². The smallest absolute Gasteiger partial charge is 0.179 e. The molecular formula is C13H21BrFN8OP. The second-order valence-electron chi connectivity index (χ2n) is 3.98. The van der Waals surface area contributed by atoms with Gasteiger partial charge in [-0.25, -0.2) is 9.38 Å². The summed E-state index contributed by atoms with van der Waals surface area (Å²) >= 11 is 3.04. The number of rotatable bonds is 6. The maximum absolute atomic E-state index is 13.2. The molecule has 0 amide bonds. The van der Waals surface area contributed by atoms with Crippen molar-refractivity contribution in [3.05, 3.63) is 28.5 Å². The van der Waals surface area contributed by atoms with Crippen molar-refractivity contribution in [2.75, 3.05) is 20.1 Å². The lowest BCUT2D eigenvalue weighted by atomic mass is 10.3. The number of amidine groups is 2. The Morgan fingerprint density at radius 1 is 1.40 bits per heavy atom. The second-order valence-corrected chi connectivity index (χ2v) is 5.12. The first-order valence-electron chi connectivity index (χ1n) is 6.85. The fraction of sp³-hybridized carbons (Fsp3) is 0.231. The predicted molar refractivity (Wildman–Crippen MR) is 107 cm³/mol. The first kappa shape index (κ1) is 23.1. The van der Waals surface area contributed by atoms with Crippen molar-refractivity contribution < 1.29 is 9.60 Å². The summed E-state index contributed by atoms with van der Waals surface area (Å²) in [4.78, 5) is 12.0. The minimum atomic E-state index is -0.438. The molecule has 0 aliphatic carbocycles. The van der Waals surface area contributed by atoms with Crippen LogP contribution in [-0.2, 0) is 0 Å². The van der Waals surface area contributed by atoms with Gasteiger partial charge in [0.1, 0.15) is 11.5 Å². The van der Waals surface area contributed by atoms with E-state index < -0.39 is 5.82 Å². The molecule has 0 spiro atoms. The molecule has 0 aromatic heterocycles. The van der Waals surface area contributed by atoms with Gasteiger partial charge < -0.3 is 16.6 Å². The van der Waals surface area contributed by atoms with Crippen LogP contribution in [0.1, 0.15) is 0 Å². The molecule has 1 unspecified atom stereocenters. The van der Waals surface area contributed by atoms with Crippen LogP contribution in [-0.4, -0.2) is 49.1 Å². The fourth-order valence-electron chi connectivity index (χ4n) is 1.42. The Bertz CT molecular complexity index is 653. The number of nitrogens with one attached hydrogen (secondary N) is 3. The van der Waals surface area contributed by atoms with Crippen molar-refractivity contribution in [1.82, 2.24) is 10.6 Å². The van der Waals surface area contributed by atoms with E-state index in [9.17, 15) is 9.60 Å². The lowest BCUT2D eigenvalue weighted by Crippen LogP contribution is -2.37. The maximum Gasteiger partial charge on any atom is 0.179 e. The average molecular weight is 435 g/mol. The molecule has 0 saturated heterocycles. The third-order valence-electron chi connectivity index (χ3n) is 2.46. The van der Waals surface area contributed by atoms with Gasteiger partial charge in [0.2, 0.25) is 0 Å². The molecule has 0 bridgehead atoms. The maximum atomic E-state index is 13.2. The Balaban J connectivity index is 0.00000277. The SMILES string of the molecule is CN.N=C(C(=Nc1ccc(F)c(Br)c1)NO)C(=NCCN=CN)NP. The molecule has 0 aliphatic heterocycles. The summed E-state index contributed by atoms with van der Waals surface area (Å²) in [5.41, 5.74) is 11.6. The Hall–Kier alpha value is -1.94. The van der Waals surface area contributed by atoms with Crippen molar-refractivity contribution in [3.63, 3.8) is 0 Å². The summed E-state index contributed by atoms with van der Waals surface area (Å²) in [6, 6.07) is 4.04. The molecule has 1 aromatic rings. The van der Waals surface area contributed by atoms with E-state index in [2.05, 4.69) is 51.1 Å². The number of nitrogens with zero attached hydrogens (tertiary/aromatic N) is 3. The van der Waals surface area contributed by atoms with Crippen molar-refractivity contribution in [2.24, 2.45) is 26.4 Å². The van der Waals surface area contributed by atoms with E-state index in [-0.39, 0.29) is 21.9 Å². The molecule has 1 atom stereocenters. The van der Waals surface area contributed by atoms with Gasteiger partial charge in [-0.2, -0.15) is 0 Å². The van der Waals surface area contributed by atoms with Gasteiger partial charge in [0.25, 0.3) is 0 Å². The van der Waals surface area contributed by atoms with Crippen LogP contribution in [0, 0.1) is 11.2 Å². The summed E-state index contributed by atoms with van der Waals surface area (Å²) in [7, 11) is 3.71. The first-order chi connectivity index (χ1) is 12.0. The number of benzene rings is 1. The van der Waals surface area contributed by atoms with Crippen molar-refractivity contribution in [2.45, 2.75) is 0 Å². The third kappa shape index (κ3) is 8.12. The number of hydroxylamine groups is 1. The molecular weight excluding hydrogens is 414 g/mol. The number of hydrogen-bond acceptors (Lipinski definition) is 6. The van der Waals surface area contributed by atoms with Gasteiger partial charge in [-0.05, 0) is 50.6 Å². The predicted octanol–water partition coefficient (Wildman–Crippen LogP) is 0.957. The Labute approximate surface area is 155 Å². The summed E-state index contributed by atoms with van der Waals surface area (Å²) < 4.78 is 13.4. The van der Waals surface area contributed by atoms with Crippen molar-refractivity contribution >= 4 is 54.7 Å². The zero-order chi connectivity index (χ0) is 19.2. The van der Waals surface area contributed by atoms with Gasteiger partial charge in [0, 0.05) is 0 Å². The largest absolute Gasteiger partial charge is 0.390 e. The molecule has 0 fully saturated rings. The van der Waals surface area contributed by atoms with Gasteiger partial charge in [-0.3, -0.25) is 26.1 Å². The van der Waals surface area contributed by atoms with Crippen LogP contribution in [0.4, 0.5) is 10.1 Å². The van der Waals surface area contributed by atoms with E-state index in [1.54, 1.807) is 0 Å². The molecule has 0 radical (unpaired) electrons. The van der Waals surface area contributed by atoms with Gasteiger partial charge in [-0.15, -0.1) is 0 Å². The standard InChI is InChI=1S/C12H16BrFN7OP.CH5N/c13-8-5-7(1-2-9(8)14)19-12(20-22)10(16)11(21-23)18-4-3-17-6-15;1-2/h1-2,5-6,16,22H,3-4,23H2,(H2,15,17)(H,18,21)(H,19,20);2H2,1H3. The molecule has 9 nitrogen and oxygen atoms in total. The number of nitrogens with two attached hydrogens (primary N) is 2. The number of hydrogen-bond donors (Lipinski definition) is 6. The fourth-order valence-corrected chi connectivity index (χ4v) is 2.03. The first-order valence-corrected chi connectivity index (χ1v) is 8.22. The minimum absolute atomic E-state index is 0.153. The second kappa shape index (κ2) is 13.4. The summed E-state index contributed by atoms with van der Waals surface area (Å²) in [5.74, 6) is -0.421. The normalized spacial score (nSPS) is 11.8. The Morgan fingerprint density at radius 2 is 2.08 bits per heavy atom. The highest BCUT2D eigenvalue weighted by atomic mass is 79.9. The van der Waals surface area contributed by atoms with Gasteiger partial charge >= 0.3 is 0 Å². The molecule has 25 heavy (non-hydrogen) atoms. The minimum Gasteiger partial charge on any atom is -0.390 e. The molecule has 138 valence electrons.